The first-order valence-electron chi connectivity index (χ1n) is 10.3. The van der Waals surface area contributed by atoms with Gasteiger partial charge >= 0.3 is 0 Å². The Kier molecular flexibility index (Phi) is 13.1. The third-order valence-corrected chi connectivity index (χ3v) is 5.11. The number of anilines is 1. The molecule has 2 N–H and O–H groups in total. The smallest absolute Gasteiger partial charge is 0.243 e. The van der Waals surface area contributed by atoms with E-state index in [1.54, 1.807) is 19.0 Å². The van der Waals surface area contributed by atoms with Crippen molar-refractivity contribution < 1.29 is 9.53 Å². The van der Waals surface area contributed by atoms with Crippen LogP contribution < -0.4 is 15.5 Å². The van der Waals surface area contributed by atoms with Gasteiger partial charge in [0, 0.05) is 53.0 Å². The molecule has 1 fully saturated rings. The lowest BCUT2D eigenvalue weighted by Crippen LogP contribution is -2.51. The number of aliphatic imine (C=N–C) groups is 1. The Labute approximate surface area is 202 Å². The summed E-state index contributed by atoms with van der Waals surface area (Å²) in [4.78, 5) is 20.3. The lowest BCUT2D eigenvalue weighted by atomic mass is 10.0. The van der Waals surface area contributed by atoms with Crippen LogP contribution in [0, 0.1) is 0 Å². The quantitative estimate of drug-likeness (QED) is 0.214. The number of halogens is 2. The van der Waals surface area contributed by atoms with Crippen LogP contribution in [-0.4, -0.2) is 76.3 Å². The average molecular weight is 552 g/mol. The predicted molar refractivity (Wildman–Crippen MR) is 135 cm³/mol. The van der Waals surface area contributed by atoms with E-state index in [1.807, 2.05) is 25.1 Å². The molecule has 30 heavy (non-hydrogen) atoms. The van der Waals surface area contributed by atoms with Crippen molar-refractivity contribution in [3.05, 3.63) is 29.3 Å². The number of hydrogen-bond donors (Lipinski definition) is 2. The van der Waals surface area contributed by atoms with Crippen LogP contribution in [-0.2, 0) is 9.53 Å². The molecule has 1 aromatic carbocycles. The Morgan fingerprint density at radius 2 is 2.13 bits per heavy atom. The second-order valence-corrected chi connectivity index (χ2v) is 7.72. The van der Waals surface area contributed by atoms with Gasteiger partial charge < -0.3 is 25.2 Å². The number of carbonyl (C=O) groups excluding carboxylic acids is 1. The first kappa shape index (κ1) is 26.8. The Hall–Kier alpha value is -1.26. The maximum Gasteiger partial charge on any atom is 0.243 e. The molecule has 1 saturated heterocycles. The zero-order chi connectivity index (χ0) is 21.1. The molecule has 0 aliphatic carbocycles. The highest BCUT2D eigenvalue weighted by atomic mass is 127. The monoisotopic (exact) mass is 551 g/mol. The summed E-state index contributed by atoms with van der Waals surface area (Å²) < 4.78 is 5.39. The third-order valence-electron chi connectivity index (χ3n) is 4.79. The normalized spacial score (nSPS) is 16.6. The summed E-state index contributed by atoms with van der Waals surface area (Å²) in [5, 5.41) is 7.60. The van der Waals surface area contributed by atoms with Crippen LogP contribution in [0.4, 0.5) is 5.69 Å². The number of piperidine rings is 1. The number of carbonyl (C=O) groups is 1. The second-order valence-electron chi connectivity index (χ2n) is 7.31. The number of hydrogen-bond acceptors (Lipinski definition) is 4. The number of guanidine groups is 1. The Morgan fingerprint density at radius 3 is 2.83 bits per heavy atom. The third kappa shape index (κ3) is 9.26. The van der Waals surface area contributed by atoms with Crippen LogP contribution in [0.25, 0.3) is 0 Å². The number of amides is 1. The molecule has 1 atom stereocenters. The van der Waals surface area contributed by atoms with E-state index in [-0.39, 0.29) is 42.5 Å². The minimum Gasteiger partial charge on any atom is -0.382 e. The lowest BCUT2D eigenvalue weighted by molar-refractivity contribution is -0.127. The molecule has 1 aliphatic heterocycles. The van der Waals surface area contributed by atoms with Crippen LogP contribution in [0.2, 0.25) is 5.02 Å². The zero-order valence-electron chi connectivity index (χ0n) is 18.2. The average Bonchev–Trinajstić information content (AvgIpc) is 2.71. The van der Waals surface area contributed by atoms with Gasteiger partial charge in [0.2, 0.25) is 5.91 Å². The fraction of sp³-hybridized carbons (Fsp3) is 0.619. The van der Waals surface area contributed by atoms with Crippen LogP contribution in [0.5, 0.6) is 0 Å². The number of likely N-dealkylation sites (N-methyl/N-ethyl adjacent to an activating group) is 1. The summed E-state index contributed by atoms with van der Waals surface area (Å²) in [5.41, 5.74) is 1.06. The van der Waals surface area contributed by atoms with E-state index < -0.39 is 0 Å². The minimum absolute atomic E-state index is 0. The molecule has 0 spiro atoms. The number of ether oxygens (including phenoxy) is 1. The molecular formula is C21H35ClIN5O2. The number of nitrogens with zero attached hydrogens (tertiary/aromatic N) is 3. The van der Waals surface area contributed by atoms with Crippen molar-refractivity contribution in [1.29, 1.82) is 0 Å². The van der Waals surface area contributed by atoms with E-state index in [0.717, 1.165) is 56.2 Å². The molecule has 9 heteroatoms. The highest BCUT2D eigenvalue weighted by molar-refractivity contribution is 14.0. The highest BCUT2D eigenvalue weighted by Crippen LogP contribution is 2.27. The van der Waals surface area contributed by atoms with E-state index in [9.17, 15) is 4.79 Å². The van der Waals surface area contributed by atoms with Gasteiger partial charge in [0.1, 0.15) is 6.54 Å². The van der Waals surface area contributed by atoms with Crippen molar-refractivity contribution in [3.8, 4) is 0 Å². The molecule has 0 bridgehead atoms. The molecule has 2 rings (SSSR count). The van der Waals surface area contributed by atoms with E-state index >= 15 is 0 Å². The largest absolute Gasteiger partial charge is 0.382 e. The molecule has 0 saturated carbocycles. The Balaban J connectivity index is 0.00000450. The number of nitrogens with one attached hydrogen (secondary N) is 2. The standard InChI is InChI=1S/C21H34ClN5O2.HI/c1-4-29-14-8-12-23-21(24-15-20(28)26(2)3)25-17-9-7-13-27(16-17)19-11-6-5-10-18(19)22;/h5-6,10-11,17H,4,7-9,12-16H2,1-3H3,(H2,23,24,25);1H. The first-order valence-corrected chi connectivity index (χ1v) is 10.7. The zero-order valence-corrected chi connectivity index (χ0v) is 21.3. The van der Waals surface area contributed by atoms with Crippen molar-refractivity contribution in [2.45, 2.75) is 32.2 Å². The van der Waals surface area contributed by atoms with Gasteiger partial charge in [0.15, 0.2) is 5.96 Å². The van der Waals surface area contributed by atoms with Gasteiger partial charge in [-0.15, -0.1) is 24.0 Å². The van der Waals surface area contributed by atoms with Crippen molar-refractivity contribution >= 4 is 53.1 Å². The van der Waals surface area contributed by atoms with Gasteiger partial charge in [-0.05, 0) is 38.3 Å². The molecule has 1 aromatic rings. The maximum absolute atomic E-state index is 11.9. The van der Waals surface area contributed by atoms with Gasteiger partial charge in [-0.3, -0.25) is 4.79 Å². The topological polar surface area (TPSA) is 69.2 Å². The molecule has 1 heterocycles. The fourth-order valence-electron chi connectivity index (χ4n) is 3.18. The van der Waals surface area contributed by atoms with Crippen LogP contribution >= 0.6 is 35.6 Å². The van der Waals surface area contributed by atoms with Crippen LogP contribution in [0.3, 0.4) is 0 Å². The van der Waals surface area contributed by atoms with Crippen molar-refractivity contribution in [1.82, 2.24) is 15.5 Å². The summed E-state index contributed by atoms with van der Waals surface area (Å²) in [5.74, 6) is 0.643. The number of rotatable bonds is 9. The van der Waals surface area contributed by atoms with E-state index in [1.165, 1.54) is 0 Å². The maximum atomic E-state index is 11.9. The molecule has 0 aromatic heterocycles. The SMILES string of the molecule is CCOCCCNC(=NCC(=O)N(C)C)NC1CCCN(c2ccccc2Cl)C1.I. The molecule has 0 radical (unpaired) electrons. The van der Waals surface area contributed by atoms with E-state index in [4.69, 9.17) is 16.3 Å². The summed E-state index contributed by atoms with van der Waals surface area (Å²) in [7, 11) is 3.48. The van der Waals surface area contributed by atoms with Gasteiger partial charge in [-0.25, -0.2) is 4.99 Å². The summed E-state index contributed by atoms with van der Waals surface area (Å²) in [6.45, 7) is 6.09. The summed E-state index contributed by atoms with van der Waals surface area (Å²) in [6, 6.07) is 8.17. The van der Waals surface area contributed by atoms with Gasteiger partial charge in [0.25, 0.3) is 0 Å². The van der Waals surface area contributed by atoms with Crippen LogP contribution in [0.1, 0.15) is 26.2 Å². The van der Waals surface area contributed by atoms with Gasteiger partial charge in [0.05, 0.1) is 10.7 Å². The van der Waals surface area contributed by atoms with Crippen molar-refractivity contribution in [2.24, 2.45) is 4.99 Å². The summed E-state index contributed by atoms with van der Waals surface area (Å²) >= 11 is 6.38. The van der Waals surface area contributed by atoms with Gasteiger partial charge in [-0.1, -0.05) is 23.7 Å². The Bertz CT molecular complexity index is 675. The lowest BCUT2D eigenvalue weighted by Gasteiger charge is -2.36. The molecule has 7 nitrogen and oxygen atoms in total. The molecule has 1 amide bonds. The second kappa shape index (κ2) is 14.7. The van der Waals surface area contributed by atoms with E-state index in [0.29, 0.717) is 12.6 Å². The van der Waals surface area contributed by atoms with Gasteiger partial charge in [-0.2, -0.15) is 0 Å². The molecule has 1 unspecified atom stereocenters. The fourth-order valence-corrected chi connectivity index (χ4v) is 3.44. The highest BCUT2D eigenvalue weighted by Gasteiger charge is 2.22. The Morgan fingerprint density at radius 1 is 1.37 bits per heavy atom. The summed E-state index contributed by atoms with van der Waals surface area (Å²) in [6.07, 6.45) is 2.99. The number of benzene rings is 1. The van der Waals surface area contributed by atoms with Crippen LogP contribution in [0.15, 0.2) is 29.3 Å². The number of para-hydroxylation sites is 1. The van der Waals surface area contributed by atoms with E-state index in [2.05, 4.69) is 26.6 Å². The van der Waals surface area contributed by atoms with Crippen molar-refractivity contribution in [3.63, 3.8) is 0 Å². The molecule has 170 valence electrons. The first-order chi connectivity index (χ1) is 14.0. The predicted octanol–water partition coefficient (Wildman–Crippen LogP) is 2.98. The molecular weight excluding hydrogens is 517 g/mol. The minimum atomic E-state index is -0.0262. The molecule has 1 aliphatic rings. The van der Waals surface area contributed by atoms with Crippen molar-refractivity contribution in [2.75, 3.05) is 58.4 Å².